The largest absolute Gasteiger partial charge is 0.480 e. The number of hydrogen-bond acceptors (Lipinski definition) is 6. The molecule has 0 radical (unpaired) electrons. The Balaban J connectivity index is 4.63. The number of amides is 1. The number of ether oxygens (including phenoxy) is 1. The molecule has 10 heteroatoms. The molecule has 2 unspecified atom stereocenters. The van der Waals surface area contributed by atoms with E-state index >= 15 is 0 Å². The first-order chi connectivity index (χ1) is 7.69. The number of carbonyl (C=O) groups is 2. The summed E-state index contributed by atoms with van der Waals surface area (Å²) in [5.74, 6) is -1.57. The predicted octanol–water partition coefficient (Wildman–Crippen LogP) is -1.60. The number of nitrogens with one attached hydrogen (secondary N) is 2. The molecule has 9 nitrogen and oxygen atoms in total. The molecule has 0 heterocycles. The minimum absolute atomic E-state index is 0.0416. The molecule has 2 atom stereocenters. The zero-order valence-electron chi connectivity index (χ0n) is 9.21. The summed E-state index contributed by atoms with van der Waals surface area (Å²) in [6.45, 7) is 2.52. The van der Waals surface area contributed by atoms with E-state index in [1.165, 1.54) is 11.6 Å². The molecule has 100 valence electrons. The smallest absolute Gasteiger partial charge is 0.421 e. The Morgan fingerprint density at radius 3 is 2.29 bits per heavy atom. The third kappa shape index (κ3) is 6.04. The van der Waals surface area contributed by atoms with Crippen LogP contribution in [-0.2, 0) is 19.7 Å². The van der Waals surface area contributed by atoms with Gasteiger partial charge in [-0.1, -0.05) is 0 Å². The lowest BCUT2D eigenvalue weighted by Crippen LogP contribution is -2.52. The van der Waals surface area contributed by atoms with Crippen molar-refractivity contribution in [2.24, 2.45) is 0 Å². The topological polar surface area (TPSA) is 142 Å². The summed E-state index contributed by atoms with van der Waals surface area (Å²) in [4.78, 5) is 21.4. The second kappa shape index (κ2) is 6.37. The molecule has 0 bridgehead atoms. The average molecular weight is 270 g/mol. The zero-order valence-corrected chi connectivity index (χ0v) is 10.0. The molecule has 0 aromatic heterocycles. The lowest BCUT2D eigenvalue weighted by molar-refractivity contribution is -0.141. The number of carboxylic acids is 1. The van der Waals surface area contributed by atoms with E-state index in [1.807, 2.05) is 0 Å². The highest BCUT2D eigenvalue weighted by Crippen LogP contribution is 1.95. The fourth-order valence-corrected chi connectivity index (χ4v) is 1.79. The van der Waals surface area contributed by atoms with Crippen LogP contribution in [-0.4, -0.2) is 49.4 Å². The molecule has 0 saturated carbocycles. The first kappa shape index (κ1) is 15.6. The van der Waals surface area contributed by atoms with Gasteiger partial charge in [-0.2, -0.15) is 13.1 Å². The van der Waals surface area contributed by atoms with Crippen LogP contribution in [0.25, 0.3) is 0 Å². The van der Waals surface area contributed by atoms with Crippen LogP contribution in [0, 0.1) is 0 Å². The van der Waals surface area contributed by atoms with Crippen molar-refractivity contribution in [1.82, 2.24) is 9.44 Å². The fraction of sp³-hybridized carbons (Fsp3) is 0.714. The van der Waals surface area contributed by atoms with Gasteiger partial charge >= 0.3 is 22.3 Å². The molecule has 0 spiro atoms. The van der Waals surface area contributed by atoms with E-state index in [1.54, 1.807) is 4.72 Å². The Morgan fingerprint density at radius 1 is 1.41 bits per heavy atom. The van der Waals surface area contributed by atoms with Crippen LogP contribution in [0.2, 0.25) is 0 Å². The van der Waals surface area contributed by atoms with Gasteiger partial charge in [0.05, 0.1) is 12.7 Å². The van der Waals surface area contributed by atoms with Crippen molar-refractivity contribution >= 4 is 22.3 Å². The van der Waals surface area contributed by atoms with E-state index in [0.29, 0.717) is 0 Å². The van der Waals surface area contributed by atoms with Gasteiger partial charge in [0.25, 0.3) is 0 Å². The molecule has 17 heavy (non-hydrogen) atoms. The minimum Gasteiger partial charge on any atom is -0.480 e. The molecule has 0 fully saturated rings. The van der Waals surface area contributed by atoms with Gasteiger partial charge in [-0.15, -0.1) is 0 Å². The van der Waals surface area contributed by atoms with Gasteiger partial charge in [-0.05, 0) is 13.8 Å². The summed E-state index contributed by atoms with van der Waals surface area (Å²) in [7, 11) is -4.41. The summed E-state index contributed by atoms with van der Waals surface area (Å²) in [5, 5.41) is 17.6. The highest BCUT2D eigenvalue weighted by molar-refractivity contribution is 7.88. The van der Waals surface area contributed by atoms with E-state index < -0.39 is 34.4 Å². The van der Waals surface area contributed by atoms with Crippen molar-refractivity contribution in [3.8, 4) is 0 Å². The summed E-state index contributed by atoms with van der Waals surface area (Å²) in [5.41, 5.74) is 0. The molecular formula is C7H14N2O7S. The fourth-order valence-electron chi connectivity index (χ4n) is 0.822. The Hall–Kier alpha value is -1.39. The normalized spacial score (nSPS) is 14.8. The zero-order chi connectivity index (χ0) is 13.6. The monoisotopic (exact) mass is 270 g/mol. The van der Waals surface area contributed by atoms with E-state index in [2.05, 4.69) is 4.74 Å². The van der Waals surface area contributed by atoms with Gasteiger partial charge in [-0.25, -0.2) is 9.52 Å². The van der Waals surface area contributed by atoms with E-state index in [-0.39, 0.29) is 6.61 Å². The number of carbonyl (C=O) groups excluding carboxylic acids is 1. The van der Waals surface area contributed by atoms with E-state index in [4.69, 9.17) is 10.2 Å². The maximum Gasteiger partial charge on any atom is 0.421 e. The van der Waals surface area contributed by atoms with Crippen molar-refractivity contribution in [2.75, 3.05) is 6.61 Å². The molecule has 0 aromatic rings. The quantitative estimate of drug-likeness (QED) is 0.455. The predicted molar refractivity (Wildman–Crippen MR) is 55.3 cm³/mol. The summed E-state index contributed by atoms with van der Waals surface area (Å²) < 4.78 is 29.8. The summed E-state index contributed by atoms with van der Waals surface area (Å²) in [6.07, 6.45) is -2.71. The molecule has 0 rings (SSSR count). The third-order valence-electron chi connectivity index (χ3n) is 1.52. The first-order valence-electron chi connectivity index (χ1n) is 4.57. The lowest BCUT2D eigenvalue weighted by Gasteiger charge is -2.17. The second-order valence-corrected chi connectivity index (χ2v) is 4.45. The second-order valence-electron chi connectivity index (χ2n) is 3.00. The van der Waals surface area contributed by atoms with Gasteiger partial charge in [0.2, 0.25) is 0 Å². The van der Waals surface area contributed by atoms with Crippen molar-refractivity contribution in [3.05, 3.63) is 0 Å². The standard InChI is InChI=1S/C7H14N2O7S/c1-3-16-7(13)9-17(14,15)8-5(4(2)10)6(11)12/h4-5,8,10H,3H2,1-2H3,(H,9,13)(H,11,12). The van der Waals surface area contributed by atoms with Gasteiger partial charge in [0.1, 0.15) is 6.04 Å². The number of hydrogen-bond donors (Lipinski definition) is 4. The minimum atomic E-state index is -4.41. The van der Waals surface area contributed by atoms with Crippen LogP contribution in [0.5, 0.6) is 0 Å². The number of aliphatic hydroxyl groups excluding tert-OH is 1. The van der Waals surface area contributed by atoms with Gasteiger partial charge in [0, 0.05) is 0 Å². The van der Waals surface area contributed by atoms with Crippen LogP contribution in [0.15, 0.2) is 0 Å². The average Bonchev–Trinajstić information content (AvgIpc) is 2.12. The van der Waals surface area contributed by atoms with Crippen LogP contribution >= 0.6 is 0 Å². The highest BCUT2D eigenvalue weighted by Gasteiger charge is 2.29. The number of carboxylic acid groups (broad SMARTS) is 1. The number of aliphatic hydroxyl groups is 1. The molecule has 0 aromatic carbocycles. The lowest BCUT2D eigenvalue weighted by atomic mass is 10.2. The van der Waals surface area contributed by atoms with Crippen LogP contribution < -0.4 is 9.44 Å². The first-order valence-corrected chi connectivity index (χ1v) is 6.05. The highest BCUT2D eigenvalue weighted by atomic mass is 32.2. The Bertz CT molecular complexity index is 378. The van der Waals surface area contributed by atoms with Crippen LogP contribution in [0.3, 0.4) is 0 Å². The Labute approximate surface area is 97.9 Å². The molecule has 4 N–H and O–H groups in total. The molecule has 1 amide bonds. The van der Waals surface area contributed by atoms with Crippen molar-refractivity contribution < 1.29 is 33.0 Å². The van der Waals surface area contributed by atoms with Crippen LogP contribution in [0.4, 0.5) is 4.79 Å². The number of aliphatic carboxylic acids is 1. The SMILES string of the molecule is CCOC(=O)NS(=O)(=O)NC(C(=O)O)C(C)O. The molecule has 0 aliphatic heterocycles. The van der Waals surface area contributed by atoms with Crippen molar-refractivity contribution in [1.29, 1.82) is 0 Å². The van der Waals surface area contributed by atoms with Crippen LogP contribution in [0.1, 0.15) is 13.8 Å². The molecule has 0 saturated heterocycles. The summed E-state index contributed by atoms with van der Waals surface area (Å²) >= 11 is 0. The van der Waals surface area contributed by atoms with Gasteiger partial charge in [-0.3, -0.25) is 4.79 Å². The molecule has 0 aliphatic carbocycles. The summed E-state index contributed by atoms with van der Waals surface area (Å²) in [6, 6.07) is -1.76. The number of rotatable bonds is 6. The van der Waals surface area contributed by atoms with Crippen molar-refractivity contribution in [2.45, 2.75) is 26.0 Å². The Kier molecular flexibility index (Phi) is 5.85. The molecule has 0 aliphatic rings. The van der Waals surface area contributed by atoms with Crippen molar-refractivity contribution in [3.63, 3.8) is 0 Å². The maximum atomic E-state index is 11.2. The Morgan fingerprint density at radius 2 is 1.94 bits per heavy atom. The van der Waals surface area contributed by atoms with E-state index in [0.717, 1.165) is 6.92 Å². The molecular weight excluding hydrogens is 256 g/mol. The van der Waals surface area contributed by atoms with Gasteiger partial charge in [0.15, 0.2) is 0 Å². The van der Waals surface area contributed by atoms with E-state index in [9.17, 15) is 18.0 Å². The maximum absolute atomic E-state index is 11.2. The third-order valence-corrected chi connectivity index (χ3v) is 2.52. The van der Waals surface area contributed by atoms with Gasteiger partial charge < -0.3 is 14.9 Å².